The first-order valence-corrected chi connectivity index (χ1v) is 5.33. The SMILES string of the molecule is Cc1ccc(F)c([C@@H]2COCCN2)c1Cl.Cl. The summed E-state index contributed by atoms with van der Waals surface area (Å²) in [7, 11) is 0. The molecule has 0 aromatic heterocycles. The van der Waals surface area contributed by atoms with Gasteiger partial charge in [0.05, 0.1) is 24.3 Å². The number of hydrogen-bond acceptors (Lipinski definition) is 2. The molecule has 5 heteroatoms. The van der Waals surface area contributed by atoms with E-state index < -0.39 is 0 Å². The van der Waals surface area contributed by atoms with Gasteiger partial charge in [-0.15, -0.1) is 12.4 Å². The Bertz CT molecular complexity index is 367. The Labute approximate surface area is 106 Å². The zero-order valence-corrected chi connectivity index (χ0v) is 10.5. The van der Waals surface area contributed by atoms with Crippen LogP contribution in [0.1, 0.15) is 17.2 Å². The molecule has 2 nitrogen and oxygen atoms in total. The minimum Gasteiger partial charge on any atom is -0.378 e. The summed E-state index contributed by atoms with van der Waals surface area (Å²) >= 11 is 6.10. The smallest absolute Gasteiger partial charge is 0.129 e. The molecule has 1 atom stereocenters. The molecule has 0 amide bonds. The normalized spacial score (nSPS) is 20.3. The fourth-order valence-electron chi connectivity index (χ4n) is 1.75. The van der Waals surface area contributed by atoms with E-state index in [4.69, 9.17) is 16.3 Å². The zero-order valence-electron chi connectivity index (χ0n) is 8.93. The van der Waals surface area contributed by atoms with Crippen LogP contribution < -0.4 is 5.32 Å². The van der Waals surface area contributed by atoms with Crippen molar-refractivity contribution in [2.24, 2.45) is 0 Å². The van der Waals surface area contributed by atoms with Gasteiger partial charge in [0.2, 0.25) is 0 Å². The first kappa shape index (κ1) is 13.7. The Kier molecular flexibility index (Phi) is 4.99. The highest BCUT2D eigenvalue weighted by molar-refractivity contribution is 6.32. The standard InChI is InChI=1S/C11H13ClFNO.ClH/c1-7-2-3-8(13)10(11(7)12)9-6-15-5-4-14-9;/h2-3,9,14H,4-6H2,1H3;1H/t9-;/m0./s1. The summed E-state index contributed by atoms with van der Waals surface area (Å²) in [5, 5.41) is 3.69. The summed E-state index contributed by atoms with van der Waals surface area (Å²) in [6, 6.07) is 3.00. The van der Waals surface area contributed by atoms with E-state index in [-0.39, 0.29) is 24.3 Å². The van der Waals surface area contributed by atoms with Crippen LogP contribution in [0.5, 0.6) is 0 Å². The largest absolute Gasteiger partial charge is 0.378 e. The van der Waals surface area contributed by atoms with E-state index in [1.807, 2.05) is 6.92 Å². The average Bonchev–Trinajstić information content (AvgIpc) is 2.26. The summed E-state index contributed by atoms with van der Waals surface area (Å²) in [6.07, 6.45) is 0. The molecular formula is C11H14Cl2FNO. The number of benzene rings is 1. The lowest BCUT2D eigenvalue weighted by Crippen LogP contribution is -2.35. The zero-order chi connectivity index (χ0) is 10.8. The molecule has 1 aliphatic rings. The summed E-state index contributed by atoms with van der Waals surface area (Å²) in [5.74, 6) is -0.270. The van der Waals surface area contributed by atoms with Crippen molar-refractivity contribution in [2.45, 2.75) is 13.0 Å². The fraction of sp³-hybridized carbons (Fsp3) is 0.455. The molecule has 0 radical (unpaired) electrons. The topological polar surface area (TPSA) is 21.3 Å². The van der Waals surface area contributed by atoms with E-state index in [2.05, 4.69) is 5.32 Å². The molecule has 1 aliphatic heterocycles. The molecule has 1 N–H and O–H groups in total. The van der Waals surface area contributed by atoms with Gasteiger partial charge in [0.15, 0.2) is 0 Å². The quantitative estimate of drug-likeness (QED) is 0.843. The predicted octanol–water partition coefficient (Wildman–Crippen LogP) is 2.87. The van der Waals surface area contributed by atoms with Gasteiger partial charge in [-0.1, -0.05) is 17.7 Å². The Morgan fingerprint density at radius 2 is 2.25 bits per heavy atom. The lowest BCUT2D eigenvalue weighted by atomic mass is 10.0. The number of aryl methyl sites for hydroxylation is 1. The molecule has 1 heterocycles. The molecule has 0 saturated carbocycles. The van der Waals surface area contributed by atoms with Gasteiger partial charge in [-0.05, 0) is 18.6 Å². The Morgan fingerprint density at radius 1 is 1.50 bits per heavy atom. The molecule has 1 fully saturated rings. The van der Waals surface area contributed by atoms with E-state index in [1.54, 1.807) is 6.07 Å². The Balaban J connectivity index is 0.00000128. The van der Waals surface area contributed by atoms with E-state index >= 15 is 0 Å². The van der Waals surface area contributed by atoms with Gasteiger partial charge in [-0.3, -0.25) is 0 Å². The van der Waals surface area contributed by atoms with Crippen LogP contribution in [0.25, 0.3) is 0 Å². The molecule has 0 aliphatic carbocycles. The van der Waals surface area contributed by atoms with Crippen molar-refractivity contribution < 1.29 is 9.13 Å². The monoisotopic (exact) mass is 265 g/mol. The maximum atomic E-state index is 13.6. The van der Waals surface area contributed by atoms with Crippen LogP contribution in [-0.4, -0.2) is 19.8 Å². The number of ether oxygens (including phenoxy) is 1. The van der Waals surface area contributed by atoms with Crippen LogP contribution in [0.4, 0.5) is 4.39 Å². The van der Waals surface area contributed by atoms with Crippen molar-refractivity contribution in [3.05, 3.63) is 34.1 Å². The average molecular weight is 266 g/mol. The highest BCUT2D eigenvalue weighted by atomic mass is 35.5. The molecule has 0 bridgehead atoms. The molecule has 1 aromatic carbocycles. The van der Waals surface area contributed by atoms with Crippen LogP contribution in [0.3, 0.4) is 0 Å². The van der Waals surface area contributed by atoms with Crippen LogP contribution in [0, 0.1) is 12.7 Å². The second-order valence-electron chi connectivity index (χ2n) is 3.67. The van der Waals surface area contributed by atoms with Crippen LogP contribution in [-0.2, 0) is 4.74 Å². The molecule has 1 saturated heterocycles. The first-order chi connectivity index (χ1) is 7.20. The molecule has 1 aromatic rings. The van der Waals surface area contributed by atoms with Crippen molar-refractivity contribution >= 4 is 24.0 Å². The molecule has 90 valence electrons. The van der Waals surface area contributed by atoms with Crippen molar-refractivity contribution in [3.8, 4) is 0 Å². The number of halogens is 3. The van der Waals surface area contributed by atoms with Gasteiger partial charge in [-0.25, -0.2) is 4.39 Å². The molecule has 0 unspecified atom stereocenters. The number of hydrogen-bond donors (Lipinski definition) is 1. The third kappa shape index (κ3) is 2.66. The molecule has 16 heavy (non-hydrogen) atoms. The summed E-state index contributed by atoms with van der Waals surface area (Å²) in [6.45, 7) is 3.74. The Hall–Kier alpha value is -0.350. The van der Waals surface area contributed by atoms with E-state index in [9.17, 15) is 4.39 Å². The van der Waals surface area contributed by atoms with Crippen LogP contribution in [0.15, 0.2) is 12.1 Å². The van der Waals surface area contributed by atoms with Gasteiger partial charge in [0.1, 0.15) is 5.82 Å². The highest BCUT2D eigenvalue weighted by Gasteiger charge is 2.22. The number of nitrogens with one attached hydrogen (secondary N) is 1. The van der Waals surface area contributed by atoms with Crippen LogP contribution in [0.2, 0.25) is 5.02 Å². The maximum Gasteiger partial charge on any atom is 0.129 e. The molecule has 0 spiro atoms. The maximum absolute atomic E-state index is 13.6. The highest BCUT2D eigenvalue weighted by Crippen LogP contribution is 2.29. The van der Waals surface area contributed by atoms with Crippen molar-refractivity contribution in [1.29, 1.82) is 0 Å². The van der Waals surface area contributed by atoms with E-state index in [1.165, 1.54) is 6.07 Å². The van der Waals surface area contributed by atoms with Gasteiger partial charge in [0, 0.05) is 12.1 Å². The van der Waals surface area contributed by atoms with E-state index in [0.717, 1.165) is 12.1 Å². The third-order valence-corrected chi connectivity index (χ3v) is 3.09. The minimum atomic E-state index is -0.270. The summed E-state index contributed by atoms with van der Waals surface area (Å²) in [4.78, 5) is 0. The minimum absolute atomic E-state index is 0. The lowest BCUT2D eigenvalue weighted by Gasteiger charge is -2.25. The second kappa shape index (κ2) is 5.82. The van der Waals surface area contributed by atoms with Gasteiger partial charge in [0.25, 0.3) is 0 Å². The van der Waals surface area contributed by atoms with Crippen LogP contribution >= 0.6 is 24.0 Å². The first-order valence-electron chi connectivity index (χ1n) is 4.96. The number of rotatable bonds is 1. The van der Waals surface area contributed by atoms with Crippen molar-refractivity contribution in [1.82, 2.24) is 5.32 Å². The lowest BCUT2D eigenvalue weighted by molar-refractivity contribution is 0.0758. The number of morpholine rings is 1. The van der Waals surface area contributed by atoms with Gasteiger partial charge < -0.3 is 10.1 Å². The van der Waals surface area contributed by atoms with Crippen molar-refractivity contribution in [3.63, 3.8) is 0 Å². The Morgan fingerprint density at radius 3 is 2.88 bits per heavy atom. The predicted molar refractivity (Wildman–Crippen MR) is 65.0 cm³/mol. The van der Waals surface area contributed by atoms with Gasteiger partial charge >= 0.3 is 0 Å². The summed E-state index contributed by atoms with van der Waals surface area (Å²) < 4.78 is 18.9. The van der Waals surface area contributed by atoms with Gasteiger partial charge in [-0.2, -0.15) is 0 Å². The summed E-state index contributed by atoms with van der Waals surface area (Å²) in [5.41, 5.74) is 1.41. The van der Waals surface area contributed by atoms with Crippen molar-refractivity contribution in [2.75, 3.05) is 19.8 Å². The van der Waals surface area contributed by atoms with E-state index in [0.29, 0.717) is 23.8 Å². The molecular weight excluding hydrogens is 252 g/mol. The molecule has 2 rings (SSSR count). The fourth-order valence-corrected chi connectivity index (χ4v) is 2.03. The third-order valence-electron chi connectivity index (χ3n) is 2.59. The second-order valence-corrected chi connectivity index (χ2v) is 4.05.